The zero-order valence-electron chi connectivity index (χ0n) is 8.56. The van der Waals surface area contributed by atoms with E-state index >= 15 is 0 Å². The normalized spacial score (nSPS) is 26.5. The van der Waals surface area contributed by atoms with Crippen LogP contribution in [-0.4, -0.2) is 22.8 Å². The molecule has 1 fully saturated rings. The molecular formula is C10H14N2O3. The molecule has 2 heterocycles. The molecule has 0 aromatic carbocycles. The van der Waals surface area contributed by atoms with E-state index in [1.54, 1.807) is 0 Å². The van der Waals surface area contributed by atoms with E-state index in [1.165, 1.54) is 0 Å². The number of carbonyl (C=O) groups is 1. The maximum atomic E-state index is 10.9. The molecular weight excluding hydrogens is 196 g/mol. The minimum atomic E-state index is -0.724. The van der Waals surface area contributed by atoms with Crippen molar-refractivity contribution in [2.24, 2.45) is 5.92 Å². The molecule has 1 aromatic rings. The van der Waals surface area contributed by atoms with Gasteiger partial charge >= 0.3 is 5.97 Å². The molecule has 0 spiro atoms. The van der Waals surface area contributed by atoms with Gasteiger partial charge in [0.15, 0.2) is 5.76 Å². The van der Waals surface area contributed by atoms with Crippen molar-refractivity contribution < 1.29 is 14.4 Å². The van der Waals surface area contributed by atoms with Gasteiger partial charge in [0.05, 0.1) is 17.7 Å². The third kappa shape index (κ3) is 2.18. The Morgan fingerprint density at radius 1 is 1.73 bits per heavy atom. The fourth-order valence-corrected chi connectivity index (χ4v) is 1.91. The van der Waals surface area contributed by atoms with Crippen molar-refractivity contribution >= 4 is 5.97 Å². The predicted molar refractivity (Wildman–Crippen MR) is 52.3 cm³/mol. The Morgan fingerprint density at radius 2 is 2.53 bits per heavy atom. The fourth-order valence-electron chi connectivity index (χ4n) is 1.91. The molecule has 1 aliphatic heterocycles. The average molecular weight is 210 g/mol. The second-order valence-electron chi connectivity index (χ2n) is 3.94. The molecule has 5 heteroatoms. The van der Waals surface area contributed by atoms with Gasteiger partial charge in [-0.1, -0.05) is 5.16 Å². The zero-order valence-corrected chi connectivity index (χ0v) is 8.56. The first-order valence-corrected chi connectivity index (χ1v) is 5.06. The summed E-state index contributed by atoms with van der Waals surface area (Å²) in [5.41, 5.74) is 0.823. The Hall–Kier alpha value is -1.36. The molecule has 2 unspecified atom stereocenters. The SMILES string of the molecule is Cc1cc(C2CC(C(=O)O)CCN2)on1. The number of aromatic nitrogens is 1. The number of hydrogen-bond acceptors (Lipinski definition) is 4. The van der Waals surface area contributed by atoms with Gasteiger partial charge in [0.2, 0.25) is 0 Å². The summed E-state index contributed by atoms with van der Waals surface area (Å²) in [6, 6.07) is 1.84. The first kappa shape index (κ1) is 10.2. The van der Waals surface area contributed by atoms with Crippen molar-refractivity contribution in [2.75, 3.05) is 6.54 Å². The van der Waals surface area contributed by atoms with E-state index in [1.807, 2.05) is 13.0 Å². The molecule has 82 valence electrons. The van der Waals surface area contributed by atoms with E-state index in [9.17, 15) is 4.79 Å². The lowest BCUT2D eigenvalue weighted by atomic mass is 9.91. The molecule has 2 N–H and O–H groups in total. The lowest BCUT2D eigenvalue weighted by Crippen LogP contribution is -2.34. The first-order chi connectivity index (χ1) is 7.16. The minimum Gasteiger partial charge on any atom is -0.481 e. The van der Waals surface area contributed by atoms with E-state index in [2.05, 4.69) is 10.5 Å². The monoisotopic (exact) mass is 210 g/mol. The number of nitrogens with zero attached hydrogens (tertiary/aromatic N) is 1. The number of piperidine rings is 1. The minimum absolute atomic E-state index is 0.0129. The third-order valence-corrected chi connectivity index (χ3v) is 2.74. The summed E-state index contributed by atoms with van der Waals surface area (Å²) < 4.78 is 5.13. The van der Waals surface area contributed by atoms with Crippen molar-refractivity contribution in [3.05, 3.63) is 17.5 Å². The molecule has 0 radical (unpaired) electrons. The van der Waals surface area contributed by atoms with Crippen LogP contribution >= 0.6 is 0 Å². The highest BCUT2D eigenvalue weighted by Crippen LogP contribution is 2.27. The number of carboxylic acids is 1. The summed E-state index contributed by atoms with van der Waals surface area (Å²) in [5.74, 6) is -0.266. The predicted octanol–water partition coefficient (Wildman–Crippen LogP) is 1.11. The van der Waals surface area contributed by atoms with E-state index in [0.29, 0.717) is 19.4 Å². The average Bonchev–Trinajstić information content (AvgIpc) is 2.65. The number of rotatable bonds is 2. The quantitative estimate of drug-likeness (QED) is 0.764. The lowest BCUT2D eigenvalue weighted by molar-refractivity contribution is -0.143. The zero-order chi connectivity index (χ0) is 10.8. The van der Waals surface area contributed by atoms with Gasteiger partial charge < -0.3 is 14.9 Å². The highest BCUT2D eigenvalue weighted by molar-refractivity contribution is 5.70. The van der Waals surface area contributed by atoms with Crippen LogP contribution in [0, 0.1) is 12.8 Å². The van der Waals surface area contributed by atoms with Gasteiger partial charge in [0, 0.05) is 6.07 Å². The highest BCUT2D eigenvalue weighted by atomic mass is 16.5. The molecule has 2 rings (SSSR count). The van der Waals surface area contributed by atoms with Gasteiger partial charge in [-0.05, 0) is 26.3 Å². The van der Waals surface area contributed by atoms with E-state index in [0.717, 1.165) is 11.5 Å². The molecule has 1 saturated heterocycles. The van der Waals surface area contributed by atoms with Crippen LogP contribution in [0.4, 0.5) is 0 Å². The van der Waals surface area contributed by atoms with Crippen molar-refractivity contribution in [1.82, 2.24) is 10.5 Å². The third-order valence-electron chi connectivity index (χ3n) is 2.74. The number of carboxylic acid groups (broad SMARTS) is 1. The van der Waals surface area contributed by atoms with Crippen molar-refractivity contribution in [1.29, 1.82) is 0 Å². The van der Waals surface area contributed by atoms with E-state index in [4.69, 9.17) is 9.63 Å². The molecule has 5 nitrogen and oxygen atoms in total. The van der Waals surface area contributed by atoms with Crippen LogP contribution in [0.2, 0.25) is 0 Å². The summed E-state index contributed by atoms with van der Waals surface area (Å²) >= 11 is 0. The second-order valence-corrected chi connectivity index (χ2v) is 3.94. The summed E-state index contributed by atoms with van der Waals surface area (Å²) in [4.78, 5) is 10.9. The Balaban J connectivity index is 2.07. The van der Waals surface area contributed by atoms with Crippen LogP contribution in [-0.2, 0) is 4.79 Å². The van der Waals surface area contributed by atoms with Crippen LogP contribution in [0.15, 0.2) is 10.6 Å². The molecule has 1 aliphatic rings. The number of aliphatic carboxylic acids is 1. The molecule has 2 atom stereocenters. The van der Waals surface area contributed by atoms with Crippen molar-refractivity contribution in [2.45, 2.75) is 25.8 Å². The Labute approximate surface area is 87.5 Å². The molecule has 0 aliphatic carbocycles. The Kier molecular flexibility index (Phi) is 2.73. The smallest absolute Gasteiger partial charge is 0.306 e. The maximum absolute atomic E-state index is 10.9. The van der Waals surface area contributed by atoms with Gasteiger partial charge in [0.1, 0.15) is 0 Å². The lowest BCUT2D eigenvalue weighted by Gasteiger charge is -2.25. The van der Waals surface area contributed by atoms with Gasteiger partial charge in [0.25, 0.3) is 0 Å². The largest absolute Gasteiger partial charge is 0.481 e. The number of nitrogens with one attached hydrogen (secondary N) is 1. The first-order valence-electron chi connectivity index (χ1n) is 5.06. The summed E-state index contributed by atoms with van der Waals surface area (Å²) in [7, 11) is 0. The summed E-state index contributed by atoms with van der Waals surface area (Å²) in [6.07, 6.45) is 1.25. The van der Waals surface area contributed by atoms with Gasteiger partial charge in [-0.2, -0.15) is 0 Å². The molecule has 0 amide bonds. The fraction of sp³-hybridized carbons (Fsp3) is 0.600. The Bertz CT molecular complexity index is 361. The topological polar surface area (TPSA) is 75.4 Å². The highest BCUT2D eigenvalue weighted by Gasteiger charge is 2.29. The standard InChI is InChI=1S/C10H14N2O3/c1-6-4-9(15-12-6)8-5-7(10(13)14)2-3-11-8/h4,7-8,11H,2-3,5H2,1H3,(H,13,14). The molecule has 0 bridgehead atoms. The van der Waals surface area contributed by atoms with Gasteiger partial charge in [-0.3, -0.25) is 4.79 Å². The van der Waals surface area contributed by atoms with Crippen molar-refractivity contribution in [3.8, 4) is 0 Å². The molecule has 0 saturated carbocycles. The van der Waals surface area contributed by atoms with Crippen molar-refractivity contribution in [3.63, 3.8) is 0 Å². The Morgan fingerprint density at radius 3 is 3.13 bits per heavy atom. The van der Waals surface area contributed by atoms with E-state index in [-0.39, 0.29) is 12.0 Å². The maximum Gasteiger partial charge on any atom is 0.306 e. The molecule has 15 heavy (non-hydrogen) atoms. The number of aryl methyl sites for hydroxylation is 1. The second kappa shape index (κ2) is 4.02. The van der Waals surface area contributed by atoms with E-state index < -0.39 is 5.97 Å². The van der Waals surface area contributed by atoms with Gasteiger partial charge in [-0.15, -0.1) is 0 Å². The molecule has 1 aromatic heterocycles. The van der Waals surface area contributed by atoms with Crippen LogP contribution in [0.1, 0.15) is 30.3 Å². The van der Waals surface area contributed by atoms with Crippen LogP contribution in [0.5, 0.6) is 0 Å². The summed E-state index contributed by atoms with van der Waals surface area (Å²) in [5, 5.41) is 16.0. The number of hydrogen-bond donors (Lipinski definition) is 2. The van der Waals surface area contributed by atoms with Crippen LogP contribution < -0.4 is 5.32 Å². The van der Waals surface area contributed by atoms with Crippen LogP contribution in [0.3, 0.4) is 0 Å². The van der Waals surface area contributed by atoms with Gasteiger partial charge in [-0.25, -0.2) is 0 Å². The van der Waals surface area contributed by atoms with Crippen LogP contribution in [0.25, 0.3) is 0 Å². The summed E-state index contributed by atoms with van der Waals surface area (Å²) in [6.45, 7) is 2.56.